The number of hydrogen-bond acceptors (Lipinski definition) is 4. The number of rotatable bonds is 1. The van der Waals surface area contributed by atoms with Crippen molar-refractivity contribution in [3.63, 3.8) is 0 Å². The van der Waals surface area contributed by atoms with E-state index in [1.807, 2.05) is 30.3 Å². The molecule has 4 rings (SSSR count). The molecule has 0 atom stereocenters. The summed E-state index contributed by atoms with van der Waals surface area (Å²) in [5, 5.41) is 4.58. The van der Waals surface area contributed by atoms with Gasteiger partial charge in [-0.25, -0.2) is 8.42 Å². The van der Waals surface area contributed by atoms with Crippen LogP contribution in [0.25, 0.3) is 32.3 Å². The minimum Gasteiger partial charge on any atom is -0.744 e. The van der Waals surface area contributed by atoms with Gasteiger partial charge in [-0.1, -0.05) is 36.4 Å². The molecule has 0 saturated carbocycles. The smallest absolute Gasteiger partial charge is 0.744 e. The van der Waals surface area contributed by atoms with Gasteiger partial charge in [-0.05, 0) is 33.7 Å². The molecule has 0 aliphatic carbocycles. The van der Waals surface area contributed by atoms with Crippen LogP contribution >= 0.6 is 0 Å². The van der Waals surface area contributed by atoms with E-state index in [1.54, 1.807) is 12.1 Å². The fraction of sp³-hybridized carbons (Fsp3) is 0. The second-order valence-corrected chi connectivity index (χ2v) is 6.45. The van der Waals surface area contributed by atoms with Crippen molar-refractivity contribution < 1.29 is 42.5 Å². The molecule has 4 aromatic rings. The molecule has 104 valence electrons. The Hall–Kier alpha value is -1.37. The Morgan fingerprint density at radius 2 is 1.41 bits per heavy atom. The summed E-state index contributed by atoms with van der Waals surface area (Å²) in [6, 6.07) is 14.4. The first-order valence-electron chi connectivity index (χ1n) is 6.39. The van der Waals surface area contributed by atoms with E-state index in [4.69, 9.17) is 5.73 Å². The number of nitrogens with two attached hydrogens (primary N) is 1. The fourth-order valence-electron chi connectivity index (χ4n) is 3.04. The van der Waals surface area contributed by atoms with Gasteiger partial charge in [-0.15, -0.1) is 0 Å². The Morgan fingerprint density at radius 3 is 2.09 bits per heavy atom. The summed E-state index contributed by atoms with van der Waals surface area (Å²) in [6.45, 7) is 0. The van der Waals surface area contributed by atoms with Gasteiger partial charge in [0.15, 0.2) is 0 Å². The monoisotopic (exact) mass is 319 g/mol. The second-order valence-electron chi connectivity index (χ2n) is 5.10. The quantitative estimate of drug-likeness (QED) is 0.233. The number of benzene rings is 4. The standard InChI is InChI=1S/C16H11NO3S.Na/c17-12-7-6-10-5-4-9-2-1-3-11-8-13(21(18,19)20)16(12)15(10)14(9)11;/h1-8H,17H2,(H,18,19,20);/q;+1/p-1. The largest absolute Gasteiger partial charge is 1.00 e. The van der Waals surface area contributed by atoms with Crippen LogP contribution in [0.2, 0.25) is 0 Å². The molecule has 4 nitrogen and oxygen atoms in total. The average molecular weight is 319 g/mol. The molecule has 22 heavy (non-hydrogen) atoms. The van der Waals surface area contributed by atoms with E-state index in [1.165, 1.54) is 6.07 Å². The molecule has 0 heterocycles. The minimum absolute atomic E-state index is 0. The molecule has 0 aliphatic heterocycles. The van der Waals surface area contributed by atoms with Gasteiger partial charge in [0.2, 0.25) is 0 Å². The molecule has 6 heteroatoms. The maximum atomic E-state index is 11.6. The average Bonchev–Trinajstić information content (AvgIpc) is 2.45. The molecule has 0 spiro atoms. The Balaban J connectivity index is 0.00000144. The van der Waals surface area contributed by atoms with Crippen LogP contribution in [0.1, 0.15) is 0 Å². The Morgan fingerprint density at radius 1 is 0.818 bits per heavy atom. The zero-order valence-corrected chi connectivity index (χ0v) is 14.6. The maximum absolute atomic E-state index is 11.6. The van der Waals surface area contributed by atoms with Crippen molar-refractivity contribution in [2.75, 3.05) is 5.73 Å². The van der Waals surface area contributed by atoms with Crippen LogP contribution < -0.4 is 35.3 Å². The number of anilines is 1. The molecule has 4 aromatic carbocycles. The van der Waals surface area contributed by atoms with Gasteiger partial charge >= 0.3 is 29.6 Å². The van der Waals surface area contributed by atoms with Gasteiger partial charge < -0.3 is 10.3 Å². The summed E-state index contributed by atoms with van der Waals surface area (Å²) >= 11 is 0. The fourth-order valence-corrected chi connectivity index (χ4v) is 3.78. The minimum atomic E-state index is -4.60. The maximum Gasteiger partial charge on any atom is 1.00 e. The molecule has 0 saturated heterocycles. The SMILES string of the molecule is Nc1ccc2ccc3cccc4cc(S(=O)(=O)[O-])c1c2c34.[Na+]. The van der Waals surface area contributed by atoms with Gasteiger partial charge in [-0.3, -0.25) is 0 Å². The molecule has 0 unspecified atom stereocenters. The molecule has 0 bridgehead atoms. The zero-order valence-electron chi connectivity index (χ0n) is 11.8. The third-order valence-corrected chi connectivity index (χ3v) is 4.75. The topological polar surface area (TPSA) is 83.2 Å². The Kier molecular flexibility index (Phi) is 3.58. The first-order chi connectivity index (χ1) is 9.97. The summed E-state index contributed by atoms with van der Waals surface area (Å²) in [5.41, 5.74) is 6.26. The van der Waals surface area contributed by atoms with Crippen molar-refractivity contribution in [2.45, 2.75) is 4.90 Å². The van der Waals surface area contributed by atoms with Gasteiger partial charge in [-0.2, -0.15) is 0 Å². The predicted molar refractivity (Wildman–Crippen MR) is 82.5 cm³/mol. The van der Waals surface area contributed by atoms with Crippen molar-refractivity contribution in [1.82, 2.24) is 0 Å². The van der Waals surface area contributed by atoms with Crippen LogP contribution in [0.4, 0.5) is 5.69 Å². The van der Waals surface area contributed by atoms with E-state index >= 15 is 0 Å². The molecule has 2 N–H and O–H groups in total. The van der Waals surface area contributed by atoms with Gasteiger partial charge in [0, 0.05) is 16.5 Å². The van der Waals surface area contributed by atoms with Gasteiger partial charge in [0.1, 0.15) is 10.1 Å². The van der Waals surface area contributed by atoms with E-state index in [0.29, 0.717) is 11.1 Å². The summed E-state index contributed by atoms with van der Waals surface area (Å²) in [7, 11) is -4.60. The second kappa shape index (κ2) is 5.08. The van der Waals surface area contributed by atoms with E-state index in [2.05, 4.69) is 0 Å². The molecule has 0 amide bonds. The molecule has 0 radical (unpaired) electrons. The number of hydrogen-bond donors (Lipinski definition) is 1. The molecular weight excluding hydrogens is 309 g/mol. The number of nitrogen functional groups attached to an aromatic ring is 1. The van der Waals surface area contributed by atoms with Crippen molar-refractivity contribution in [2.24, 2.45) is 0 Å². The molecule has 0 fully saturated rings. The summed E-state index contributed by atoms with van der Waals surface area (Å²) in [5.74, 6) is 0. The van der Waals surface area contributed by atoms with Crippen LogP contribution in [-0.4, -0.2) is 13.0 Å². The van der Waals surface area contributed by atoms with Crippen molar-refractivity contribution in [1.29, 1.82) is 0 Å². The Bertz CT molecular complexity index is 1120. The van der Waals surface area contributed by atoms with Crippen molar-refractivity contribution in [3.8, 4) is 0 Å². The van der Waals surface area contributed by atoms with Crippen LogP contribution in [0, 0.1) is 0 Å². The van der Waals surface area contributed by atoms with Gasteiger partial charge in [0.25, 0.3) is 0 Å². The third-order valence-electron chi connectivity index (χ3n) is 3.89. The van der Waals surface area contributed by atoms with Gasteiger partial charge in [0.05, 0.1) is 4.90 Å². The first kappa shape index (κ1) is 15.5. The summed E-state index contributed by atoms with van der Waals surface area (Å²) < 4.78 is 34.9. The van der Waals surface area contributed by atoms with Crippen LogP contribution in [-0.2, 0) is 10.1 Å². The first-order valence-corrected chi connectivity index (χ1v) is 7.79. The molecule has 0 aliphatic rings. The van der Waals surface area contributed by atoms with Crippen molar-refractivity contribution in [3.05, 3.63) is 48.5 Å². The molecular formula is C16H10NNaO3S. The Labute approximate surface area is 149 Å². The van der Waals surface area contributed by atoms with Crippen molar-refractivity contribution >= 4 is 48.1 Å². The zero-order chi connectivity index (χ0) is 14.8. The van der Waals surface area contributed by atoms with E-state index in [-0.39, 0.29) is 34.5 Å². The summed E-state index contributed by atoms with van der Waals surface area (Å²) in [4.78, 5) is -0.253. The van der Waals surface area contributed by atoms with Crippen LogP contribution in [0.5, 0.6) is 0 Å². The molecule has 0 aromatic heterocycles. The van der Waals surface area contributed by atoms with E-state index in [0.717, 1.165) is 26.9 Å². The third kappa shape index (κ3) is 2.09. The summed E-state index contributed by atoms with van der Waals surface area (Å²) in [6.07, 6.45) is 0. The van der Waals surface area contributed by atoms with Crippen LogP contribution in [0.3, 0.4) is 0 Å². The predicted octanol–water partition coefficient (Wildman–Crippen LogP) is 0.0743. The van der Waals surface area contributed by atoms with Crippen LogP contribution in [0.15, 0.2) is 53.4 Å². The van der Waals surface area contributed by atoms with E-state index in [9.17, 15) is 13.0 Å². The normalized spacial score (nSPS) is 12.0. The van der Waals surface area contributed by atoms with E-state index < -0.39 is 10.1 Å².